The summed E-state index contributed by atoms with van der Waals surface area (Å²) in [6.07, 6.45) is 1.64. The average molecular weight is 401 g/mol. The number of rotatable bonds is 7. The number of ether oxygens (including phenoxy) is 1. The van der Waals surface area contributed by atoms with Crippen molar-refractivity contribution in [3.8, 4) is 0 Å². The molecule has 0 radical (unpaired) electrons. The van der Waals surface area contributed by atoms with Crippen LogP contribution in [0.3, 0.4) is 0 Å². The second-order valence-corrected chi connectivity index (χ2v) is 7.29. The highest BCUT2D eigenvalue weighted by Gasteiger charge is 2.47. The summed E-state index contributed by atoms with van der Waals surface area (Å²) < 4.78 is 4.96. The third kappa shape index (κ3) is 4.13. The molecule has 2 fully saturated rings. The van der Waals surface area contributed by atoms with E-state index in [9.17, 15) is 24.0 Å². The number of ketones is 1. The summed E-state index contributed by atoms with van der Waals surface area (Å²) >= 11 is 0. The van der Waals surface area contributed by atoms with Crippen molar-refractivity contribution in [3.63, 3.8) is 0 Å². The number of nitrogens with one attached hydrogen (secondary N) is 1. The lowest BCUT2D eigenvalue weighted by atomic mass is 9.99. The molecule has 2 aliphatic heterocycles. The minimum Gasteiger partial charge on any atom is -0.456 e. The molecule has 0 aromatic heterocycles. The number of Topliss-reactive ketones (excluding diaryl/α,β-unsaturated/α-hetero) is 1. The van der Waals surface area contributed by atoms with E-state index < -0.39 is 42.4 Å². The summed E-state index contributed by atoms with van der Waals surface area (Å²) in [6, 6.07) is 5.90. The van der Waals surface area contributed by atoms with Crippen LogP contribution in [0, 0.1) is 0 Å². The maximum Gasteiger partial charge on any atom is 0.326 e. The van der Waals surface area contributed by atoms with E-state index in [-0.39, 0.29) is 5.91 Å². The minimum atomic E-state index is -1.04. The third-order valence-electron chi connectivity index (χ3n) is 5.26. The van der Waals surface area contributed by atoms with Crippen LogP contribution in [-0.2, 0) is 19.1 Å². The first-order chi connectivity index (χ1) is 13.7. The number of benzene rings is 1. The molecular formula is C20H23N3O6. The van der Waals surface area contributed by atoms with E-state index in [1.165, 1.54) is 0 Å². The largest absolute Gasteiger partial charge is 0.456 e. The van der Waals surface area contributed by atoms with Gasteiger partial charge in [-0.2, -0.15) is 0 Å². The van der Waals surface area contributed by atoms with E-state index in [1.54, 1.807) is 43.0 Å². The Balaban J connectivity index is 1.57. The van der Waals surface area contributed by atoms with E-state index in [2.05, 4.69) is 5.32 Å². The molecule has 154 valence electrons. The van der Waals surface area contributed by atoms with E-state index in [4.69, 9.17) is 4.74 Å². The van der Waals surface area contributed by atoms with Crippen molar-refractivity contribution >= 4 is 35.3 Å². The quantitative estimate of drug-likeness (QED) is 0.418. The molecule has 0 spiro atoms. The van der Waals surface area contributed by atoms with Crippen LogP contribution in [0.1, 0.15) is 43.5 Å². The summed E-state index contributed by atoms with van der Waals surface area (Å²) in [5.41, 5.74) is -0.105. The molecule has 0 unspecified atom stereocenters. The van der Waals surface area contributed by atoms with Crippen LogP contribution in [-0.4, -0.2) is 59.7 Å². The van der Waals surface area contributed by atoms with Gasteiger partial charge in [-0.15, -0.1) is 0 Å². The van der Waals surface area contributed by atoms with Crippen LogP contribution >= 0.6 is 0 Å². The van der Waals surface area contributed by atoms with Gasteiger partial charge in [0.2, 0.25) is 5.91 Å². The highest BCUT2D eigenvalue weighted by Crippen LogP contribution is 2.23. The number of hydrogen-bond donors (Lipinski definition) is 1. The molecule has 2 heterocycles. The molecule has 2 saturated heterocycles. The molecule has 1 atom stereocenters. The number of amides is 4. The van der Waals surface area contributed by atoms with Gasteiger partial charge >= 0.3 is 12.0 Å². The van der Waals surface area contributed by atoms with Crippen LogP contribution in [0.25, 0.3) is 0 Å². The zero-order valence-electron chi connectivity index (χ0n) is 16.4. The first kappa shape index (κ1) is 20.5. The molecule has 29 heavy (non-hydrogen) atoms. The number of urea groups is 1. The lowest BCUT2D eigenvalue weighted by Crippen LogP contribution is -2.43. The number of anilines is 1. The molecule has 3 rings (SSSR count). The molecule has 2 aliphatic rings. The van der Waals surface area contributed by atoms with Gasteiger partial charge in [0, 0.05) is 24.2 Å². The fraction of sp³-hybridized carbons (Fsp3) is 0.450. The van der Waals surface area contributed by atoms with Gasteiger partial charge in [-0.3, -0.25) is 24.1 Å². The SMILES string of the molecule is CC[C@@]1(C)NC(=O)N(CC(=O)OCC(=O)c2cccc(N3CCCC3=O)c2)C1=O. The lowest BCUT2D eigenvalue weighted by molar-refractivity contribution is -0.146. The number of nitrogens with zero attached hydrogens (tertiary/aromatic N) is 2. The molecule has 0 aliphatic carbocycles. The summed E-state index contributed by atoms with van der Waals surface area (Å²) in [5, 5.41) is 2.54. The summed E-state index contributed by atoms with van der Waals surface area (Å²) in [4.78, 5) is 62.9. The first-order valence-electron chi connectivity index (χ1n) is 9.48. The van der Waals surface area contributed by atoms with Crippen LogP contribution in [0.15, 0.2) is 24.3 Å². The van der Waals surface area contributed by atoms with Crippen molar-refractivity contribution in [2.24, 2.45) is 0 Å². The summed E-state index contributed by atoms with van der Waals surface area (Å²) in [7, 11) is 0. The van der Waals surface area contributed by atoms with Gasteiger partial charge in [-0.25, -0.2) is 4.79 Å². The summed E-state index contributed by atoms with van der Waals surface area (Å²) in [6.45, 7) is 2.86. The van der Waals surface area contributed by atoms with E-state index >= 15 is 0 Å². The van der Waals surface area contributed by atoms with Gasteiger partial charge in [0.25, 0.3) is 5.91 Å². The molecular weight excluding hydrogens is 378 g/mol. The zero-order valence-corrected chi connectivity index (χ0v) is 16.4. The first-order valence-corrected chi connectivity index (χ1v) is 9.48. The van der Waals surface area contributed by atoms with E-state index in [0.29, 0.717) is 30.6 Å². The molecule has 1 aromatic carbocycles. The van der Waals surface area contributed by atoms with Crippen LogP contribution in [0.5, 0.6) is 0 Å². The topological polar surface area (TPSA) is 113 Å². The van der Waals surface area contributed by atoms with Crippen molar-refractivity contribution in [2.75, 3.05) is 24.6 Å². The fourth-order valence-corrected chi connectivity index (χ4v) is 3.30. The highest BCUT2D eigenvalue weighted by molar-refractivity contribution is 6.08. The van der Waals surface area contributed by atoms with Crippen molar-refractivity contribution in [3.05, 3.63) is 29.8 Å². The Kier molecular flexibility index (Phi) is 5.67. The Bertz CT molecular complexity index is 883. The maximum absolute atomic E-state index is 12.4. The second-order valence-electron chi connectivity index (χ2n) is 7.29. The number of hydrogen-bond acceptors (Lipinski definition) is 6. The number of carbonyl (C=O) groups excluding carboxylic acids is 5. The van der Waals surface area contributed by atoms with Crippen LogP contribution in [0.2, 0.25) is 0 Å². The third-order valence-corrected chi connectivity index (χ3v) is 5.26. The van der Waals surface area contributed by atoms with Gasteiger partial charge in [-0.05, 0) is 31.9 Å². The van der Waals surface area contributed by atoms with Gasteiger partial charge in [0.15, 0.2) is 12.4 Å². The van der Waals surface area contributed by atoms with E-state index in [0.717, 1.165) is 11.3 Å². The normalized spacial score (nSPS) is 21.5. The number of esters is 1. The van der Waals surface area contributed by atoms with Crippen LogP contribution in [0.4, 0.5) is 10.5 Å². The molecule has 4 amide bonds. The monoisotopic (exact) mass is 401 g/mol. The molecule has 1 N–H and O–H groups in total. The second kappa shape index (κ2) is 8.02. The molecule has 9 heteroatoms. The van der Waals surface area contributed by atoms with Gasteiger partial charge in [-0.1, -0.05) is 19.1 Å². The predicted octanol–water partition coefficient (Wildman–Crippen LogP) is 1.26. The van der Waals surface area contributed by atoms with Crippen molar-refractivity contribution in [2.45, 2.75) is 38.6 Å². The fourth-order valence-electron chi connectivity index (χ4n) is 3.30. The summed E-state index contributed by atoms with van der Waals surface area (Å²) in [5.74, 6) is -1.79. The standard InChI is InChI=1S/C20H23N3O6/c1-3-20(2)18(27)23(19(28)21-20)11-17(26)29-12-15(24)13-6-4-7-14(10-13)22-9-5-8-16(22)25/h4,6-7,10H,3,5,8-9,11-12H2,1-2H3,(H,21,28)/t20-/m1/s1. The predicted molar refractivity (Wildman–Crippen MR) is 102 cm³/mol. The Morgan fingerprint density at radius 2 is 2.00 bits per heavy atom. The highest BCUT2D eigenvalue weighted by atomic mass is 16.5. The van der Waals surface area contributed by atoms with Crippen molar-refractivity contribution in [1.29, 1.82) is 0 Å². The average Bonchev–Trinajstić information content (AvgIpc) is 3.23. The Labute approximate surface area is 168 Å². The van der Waals surface area contributed by atoms with Crippen molar-refractivity contribution in [1.82, 2.24) is 10.2 Å². The number of carbonyl (C=O) groups is 5. The Morgan fingerprint density at radius 1 is 1.24 bits per heavy atom. The van der Waals surface area contributed by atoms with E-state index in [1.807, 2.05) is 0 Å². The minimum absolute atomic E-state index is 0.00802. The molecule has 0 bridgehead atoms. The van der Waals surface area contributed by atoms with Gasteiger partial charge < -0.3 is 15.0 Å². The lowest BCUT2D eigenvalue weighted by Gasteiger charge is -2.18. The van der Waals surface area contributed by atoms with Gasteiger partial charge in [0.05, 0.1) is 0 Å². The Morgan fingerprint density at radius 3 is 2.62 bits per heavy atom. The zero-order chi connectivity index (χ0) is 21.2. The smallest absolute Gasteiger partial charge is 0.326 e. The maximum atomic E-state index is 12.4. The number of imide groups is 1. The Hall–Kier alpha value is -3.23. The van der Waals surface area contributed by atoms with Crippen molar-refractivity contribution < 1.29 is 28.7 Å². The molecule has 1 aromatic rings. The molecule has 0 saturated carbocycles. The van der Waals surface area contributed by atoms with Gasteiger partial charge in [0.1, 0.15) is 12.1 Å². The van der Waals surface area contributed by atoms with Crippen LogP contribution < -0.4 is 10.2 Å². The molecule has 9 nitrogen and oxygen atoms in total.